The first-order valence-electron chi connectivity index (χ1n) is 6.72. The van der Waals surface area contributed by atoms with Gasteiger partial charge in [0, 0.05) is 11.1 Å². The van der Waals surface area contributed by atoms with E-state index in [2.05, 4.69) is 4.99 Å². The van der Waals surface area contributed by atoms with Crippen LogP contribution in [0.3, 0.4) is 0 Å². The highest BCUT2D eigenvalue weighted by atomic mass is 35.5. The molecule has 0 bridgehead atoms. The molecule has 0 spiro atoms. The van der Waals surface area contributed by atoms with Crippen molar-refractivity contribution < 1.29 is 9.53 Å². The Labute approximate surface area is 133 Å². The lowest BCUT2D eigenvalue weighted by Crippen LogP contribution is -2.01. The molecule has 4 heteroatoms. The van der Waals surface area contributed by atoms with Crippen molar-refractivity contribution in [3.63, 3.8) is 0 Å². The molecule has 0 saturated carbocycles. The van der Waals surface area contributed by atoms with E-state index in [4.69, 9.17) is 16.3 Å². The summed E-state index contributed by atoms with van der Waals surface area (Å²) in [4.78, 5) is 16.0. The number of halogens is 1. The molecular weight excluding hydrogens is 298 g/mol. The van der Waals surface area contributed by atoms with Gasteiger partial charge in [-0.25, -0.2) is 9.79 Å². The first kappa shape index (κ1) is 14.3. The number of carbonyl (C=O) groups is 1. The molecule has 3 rings (SSSR count). The number of nitrogens with zero attached hydrogens (tertiary/aromatic N) is 1. The summed E-state index contributed by atoms with van der Waals surface area (Å²) in [7, 11) is 0. The van der Waals surface area contributed by atoms with Crippen molar-refractivity contribution in [3.8, 4) is 0 Å². The number of cyclic esters (lactones) is 1. The van der Waals surface area contributed by atoms with Crippen LogP contribution in [-0.2, 0) is 9.53 Å². The monoisotopic (exact) mass is 309 g/mol. The third kappa shape index (κ3) is 3.51. The van der Waals surface area contributed by atoms with Gasteiger partial charge in [-0.2, -0.15) is 0 Å². The van der Waals surface area contributed by atoms with Crippen LogP contribution in [0, 0.1) is 0 Å². The van der Waals surface area contributed by atoms with Gasteiger partial charge in [-0.05, 0) is 35.4 Å². The van der Waals surface area contributed by atoms with E-state index in [1.54, 1.807) is 24.3 Å². The minimum absolute atomic E-state index is 0.273. The summed E-state index contributed by atoms with van der Waals surface area (Å²) < 4.78 is 5.12. The number of aliphatic imine (C=N–C) groups is 1. The molecular formula is C18H12ClNO2. The Bertz CT molecular complexity index is 774. The van der Waals surface area contributed by atoms with Gasteiger partial charge < -0.3 is 4.74 Å². The predicted octanol–water partition coefficient (Wildman–Crippen LogP) is 4.35. The van der Waals surface area contributed by atoms with E-state index in [1.165, 1.54) is 0 Å². The number of hydrogen-bond donors (Lipinski definition) is 0. The van der Waals surface area contributed by atoms with E-state index in [-0.39, 0.29) is 11.6 Å². The summed E-state index contributed by atoms with van der Waals surface area (Å²) in [5, 5.41) is 0.645. The van der Waals surface area contributed by atoms with Crippen LogP contribution in [0.1, 0.15) is 11.1 Å². The minimum Gasteiger partial charge on any atom is -0.403 e. The van der Waals surface area contributed by atoms with E-state index in [9.17, 15) is 4.79 Å². The molecule has 0 atom stereocenters. The molecule has 0 aromatic heterocycles. The van der Waals surface area contributed by atoms with Gasteiger partial charge in [-0.1, -0.05) is 54.1 Å². The van der Waals surface area contributed by atoms with Gasteiger partial charge in [0.1, 0.15) is 0 Å². The van der Waals surface area contributed by atoms with Gasteiger partial charge in [0.15, 0.2) is 5.70 Å². The molecule has 0 saturated heterocycles. The van der Waals surface area contributed by atoms with Crippen molar-refractivity contribution in [1.29, 1.82) is 0 Å². The van der Waals surface area contributed by atoms with Crippen molar-refractivity contribution >= 4 is 35.6 Å². The summed E-state index contributed by atoms with van der Waals surface area (Å²) in [5.74, 6) is -0.170. The lowest BCUT2D eigenvalue weighted by molar-refractivity contribution is -0.129. The van der Waals surface area contributed by atoms with E-state index in [1.807, 2.05) is 48.5 Å². The normalized spacial score (nSPS) is 16.1. The molecule has 22 heavy (non-hydrogen) atoms. The van der Waals surface area contributed by atoms with E-state index < -0.39 is 5.97 Å². The summed E-state index contributed by atoms with van der Waals surface area (Å²) in [6, 6.07) is 16.9. The van der Waals surface area contributed by atoms with Gasteiger partial charge >= 0.3 is 5.97 Å². The average Bonchev–Trinajstić information content (AvgIpc) is 2.89. The van der Waals surface area contributed by atoms with Crippen molar-refractivity contribution in [1.82, 2.24) is 0 Å². The number of esters is 1. The standard InChI is InChI=1S/C18H12ClNO2/c19-15-9-6-14(7-10-15)12-16-18(21)22-17(20-16)11-8-13-4-2-1-3-5-13/h1-12H/b11-8+,16-12+. The molecule has 0 radical (unpaired) electrons. The molecule has 108 valence electrons. The molecule has 0 N–H and O–H groups in total. The average molecular weight is 310 g/mol. The first-order chi connectivity index (χ1) is 10.7. The molecule has 0 aliphatic carbocycles. The maximum atomic E-state index is 11.8. The van der Waals surface area contributed by atoms with E-state index in [0.29, 0.717) is 5.02 Å². The molecule has 2 aromatic rings. The zero-order chi connectivity index (χ0) is 15.4. The maximum absolute atomic E-state index is 11.8. The highest BCUT2D eigenvalue weighted by Gasteiger charge is 2.20. The third-order valence-corrected chi connectivity index (χ3v) is 3.28. The van der Waals surface area contributed by atoms with Crippen molar-refractivity contribution in [2.45, 2.75) is 0 Å². The van der Waals surface area contributed by atoms with Crippen LogP contribution in [0.25, 0.3) is 12.2 Å². The number of carbonyl (C=O) groups excluding carboxylic acids is 1. The van der Waals surface area contributed by atoms with Gasteiger partial charge in [-0.3, -0.25) is 0 Å². The number of rotatable bonds is 3. The smallest absolute Gasteiger partial charge is 0.363 e. The summed E-state index contributed by atoms with van der Waals surface area (Å²) in [6.45, 7) is 0. The van der Waals surface area contributed by atoms with Gasteiger partial charge in [0.05, 0.1) is 0 Å². The Morgan fingerprint density at radius 2 is 1.64 bits per heavy atom. The summed E-state index contributed by atoms with van der Waals surface area (Å²) >= 11 is 5.83. The van der Waals surface area contributed by atoms with Crippen molar-refractivity contribution in [2.24, 2.45) is 4.99 Å². The van der Waals surface area contributed by atoms with Crippen LogP contribution in [0.2, 0.25) is 5.02 Å². The highest BCUT2D eigenvalue weighted by Crippen LogP contribution is 2.18. The fraction of sp³-hybridized carbons (Fsp3) is 0. The fourth-order valence-electron chi connectivity index (χ4n) is 1.95. The Balaban J connectivity index is 1.79. The van der Waals surface area contributed by atoms with Crippen LogP contribution >= 0.6 is 11.6 Å². The lowest BCUT2D eigenvalue weighted by atomic mass is 10.2. The lowest BCUT2D eigenvalue weighted by Gasteiger charge is -1.94. The van der Waals surface area contributed by atoms with Gasteiger partial charge in [0.2, 0.25) is 5.90 Å². The van der Waals surface area contributed by atoms with Crippen molar-refractivity contribution in [2.75, 3.05) is 0 Å². The van der Waals surface area contributed by atoms with Crippen LogP contribution < -0.4 is 0 Å². The Morgan fingerprint density at radius 3 is 2.36 bits per heavy atom. The minimum atomic E-state index is -0.456. The largest absolute Gasteiger partial charge is 0.403 e. The molecule has 1 aliphatic rings. The molecule has 0 fully saturated rings. The highest BCUT2D eigenvalue weighted by molar-refractivity contribution is 6.30. The SMILES string of the molecule is O=C1OC(/C=C/c2ccccc2)=NC/1=C/c1ccc(Cl)cc1. The van der Waals surface area contributed by atoms with Crippen LogP contribution in [0.15, 0.2) is 71.4 Å². The summed E-state index contributed by atoms with van der Waals surface area (Å²) in [5.41, 5.74) is 2.12. The topological polar surface area (TPSA) is 38.7 Å². The number of ether oxygens (including phenoxy) is 1. The quantitative estimate of drug-likeness (QED) is 0.624. The zero-order valence-electron chi connectivity index (χ0n) is 11.6. The van der Waals surface area contributed by atoms with Crippen molar-refractivity contribution in [3.05, 3.63) is 82.5 Å². The second-order valence-corrected chi connectivity index (χ2v) is 5.10. The third-order valence-electron chi connectivity index (χ3n) is 3.03. The second-order valence-electron chi connectivity index (χ2n) is 4.66. The fourth-order valence-corrected chi connectivity index (χ4v) is 2.07. The first-order valence-corrected chi connectivity index (χ1v) is 7.10. The second kappa shape index (κ2) is 6.41. The molecule has 2 aromatic carbocycles. The van der Waals surface area contributed by atoms with Crippen LogP contribution in [0.5, 0.6) is 0 Å². The molecule has 0 amide bonds. The number of hydrogen-bond acceptors (Lipinski definition) is 3. The molecule has 1 heterocycles. The van der Waals surface area contributed by atoms with Gasteiger partial charge in [0.25, 0.3) is 0 Å². The van der Waals surface area contributed by atoms with Gasteiger partial charge in [-0.15, -0.1) is 0 Å². The van der Waals surface area contributed by atoms with Crippen LogP contribution in [-0.4, -0.2) is 11.9 Å². The van der Waals surface area contributed by atoms with E-state index in [0.717, 1.165) is 11.1 Å². The predicted molar refractivity (Wildman–Crippen MR) is 88.4 cm³/mol. The van der Waals surface area contributed by atoms with Crippen LogP contribution in [0.4, 0.5) is 0 Å². The zero-order valence-corrected chi connectivity index (χ0v) is 12.3. The maximum Gasteiger partial charge on any atom is 0.363 e. The Hall–Kier alpha value is -2.65. The van der Waals surface area contributed by atoms with E-state index >= 15 is 0 Å². The molecule has 0 unspecified atom stereocenters. The Kier molecular flexibility index (Phi) is 4.17. The summed E-state index contributed by atoms with van der Waals surface area (Å²) in [6.07, 6.45) is 5.19. The molecule has 3 nitrogen and oxygen atoms in total. The molecule has 1 aliphatic heterocycles. The Morgan fingerprint density at radius 1 is 0.909 bits per heavy atom. The number of benzene rings is 2.